The van der Waals surface area contributed by atoms with Gasteiger partial charge < -0.3 is 14.3 Å². The molecule has 17 heavy (non-hydrogen) atoms. The summed E-state index contributed by atoms with van der Waals surface area (Å²) in [7, 11) is 0. The molecule has 1 aromatic heterocycles. The summed E-state index contributed by atoms with van der Waals surface area (Å²) in [5.41, 5.74) is 0.806. The summed E-state index contributed by atoms with van der Waals surface area (Å²) < 4.78 is 10.4. The van der Waals surface area contributed by atoms with Crippen LogP contribution in [0.3, 0.4) is 0 Å². The smallest absolute Gasteiger partial charge is 0.0935 e. The third-order valence-corrected chi connectivity index (χ3v) is 3.65. The molecule has 4 heteroatoms. The van der Waals surface area contributed by atoms with Crippen molar-refractivity contribution in [3.05, 3.63) is 24.2 Å². The Bertz CT molecular complexity index is 328. The summed E-state index contributed by atoms with van der Waals surface area (Å²) in [6.07, 6.45) is 3.56. The van der Waals surface area contributed by atoms with Gasteiger partial charge in [-0.3, -0.25) is 4.90 Å². The van der Waals surface area contributed by atoms with E-state index in [1.54, 1.807) is 12.5 Å². The van der Waals surface area contributed by atoms with E-state index in [0.29, 0.717) is 6.42 Å². The van der Waals surface area contributed by atoms with Crippen LogP contribution in [-0.4, -0.2) is 48.0 Å². The molecular formula is C13H21NO3. The molecule has 0 aromatic carbocycles. The molecule has 2 heterocycles. The molecule has 1 atom stereocenters. The average molecular weight is 239 g/mol. The molecule has 1 fully saturated rings. The van der Waals surface area contributed by atoms with Crippen molar-refractivity contribution in [1.82, 2.24) is 4.90 Å². The number of rotatable bonds is 4. The molecule has 0 spiro atoms. The first-order chi connectivity index (χ1) is 8.10. The van der Waals surface area contributed by atoms with Gasteiger partial charge in [-0.1, -0.05) is 0 Å². The first-order valence-corrected chi connectivity index (χ1v) is 6.12. The maximum Gasteiger partial charge on any atom is 0.0935 e. The second-order valence-corrected chi connectivity index (χ2v) is 5.10. The van der Waals surface area contributed by atoms with Crippen molar-refractivity contribution in [3.63, 3.8) is 0 Å². The van der Waals surface area contributed by atoms with Gasteiger partial charge in [-0.2, -0.15) is 0 Å². The number of morpholine rings is 1. The number of aliphatic hydroxyl groups is 1. The molecule has 0 bridgehead atoms. The van der Waals surface area contributed by atoms with Gasteiger partial charge >= 0.3 is 0 Å². The summed E-state index contributed by atoms with van der Waals surface area (Å²) in [6, 6.07) is 1.90. The minimum absolute atomic E-state index is 0.235. The molecule has 1 unspecified atom stereocenters. The van der Waals surface area contributed by atoms with Gasteiger partial charge in [0.05, 0.1) is 31.8 Å². The van der Waals surface area contributed by atoms with Crippen molar-refractivity contribution in [1.29, 1.82) is 0 Å². The van der Waals surface area contributed by atoms with Crippen LogP contribution in [0.1, 0.15) is 19.4 Å². The van der Waals surface area contributed by atoms with Crippen molar-refractivity contribution in [2.45, 2.75) is 31.9 Å². The fraction of sp³-hybridized carbons (Fsp3) is 0.692. The number of ether oxygens (including phenoxy) is 1. The van der Waals surface area contributed by atoms with Crippen molar-refractivity contribution >= 4 is 0 Å². The quantitative estimate of drug-likeness (QED) is 0.860. The van der Waals surface area contributed by atoms with Gasteiger partial charge in [0.25, 0.3) is 0 Å². The van der Waals surface area contributed by atoms with E-state index >= 15 is 0 Å². The van der Waals surface area contributed by atoms with E-state index in [-0.39, 0.29) is 5.54 Å². The molecule has 0 amide bonds. The maximum absolute atomic E-state index is 10.4. The Balaban J connectivity index is 1.98. The van der Waals surface area contributed by atoms with E-state index in [0.717, 1.165) is 31.9 Å². The van der Waals surface area contributed by atoms with Crippen LogP contribution in [-0.2, 0) is 11.2 Å². The maximum atomic E-state index is 10.4. The van der Waals surface area contributed by atoms with Crippen LogP contribution in [0.4, 0.5) is 0 Å². The first kappa shape index (κ1) is 12.6. The Morgan fingerprint density at radius 3 is 2.71 bits per heavy atom. The van der Waals surface area contributed by atoms with Crippen LogP contribution in [0.15, 0.2) is 23.0 Å². The van der Waals surface area contributed by atoms with Gasteiger partial charge in [-0.05, 0) is 25.5 Å². The predicted molar refractivity (Wildman–Crippen MR) is 64.9 cm³/mol. The fourth-order valence-corrected chi connectivity index (χ4v) is 2.23. The van der Waals surface area contributed by atoms with Gasteiger partial charge in [-0.15, -0.1) is 0 Å². The molecule has 1 aliphatic heterocycles. The third-order valence-electron chi connectivity index (χ3n) is 3.65. The highest BCUT2D eigenvalue weighted by Crippen LogP contribution is 2.23. The highest BCUT2D eigenvalue weighted by molar-refractivity contribution is 5.09. The molecule has 1 N–H and O–H groups in total. The highest BCUT2D eigenvalue weighted by Gasteiger charge is 2.35. The van der Waals surface area contributed by atoms with Crippen molar-refractivity contribution in [3.8, 4) is 0 Å². The van der Waals surface area contributed by atoms with Gasteiger partial charge in [-0.25, -0.2) is 0 Å². The zero-order valence-electron chi connectivity index (χ0n) is 10.6. The minimum atomic E-state index is -0.404. The number of furan rings is 1. The van der Waals surface area contributed by atoms with Crippen molar-refractivity contribution < 1.29 is 14.3 Å². The van der Waals surface area contributed by atoms with E-state index in [2.05, 4.69) is 18.7 Å². The van der Waals surface area contributed by atoms with Crippen LogP contribution in [0.2, 0.25) is 0 Å². The lowest BCUT2D eigenvalue weighted by molar-refractivity contribution is -0.0612. The minimum Gasteiger partial charge on any atom is -0.472 e. The Hall–Kier alpha value is -0.840. The second kappa shape index (κ2) is 5.21. The number of nitrogens with zero attached hydrogens (tertiary/aromatic N) is 1. The van der Waals surface area contributed by atoms with Gasteiger partial charge in [0, 0.05) is 25.0 Å². The number of hydrogen-bond donors (Lipinski definition) is 1. The lowest BCUT2D eigenvalue weighted by Gasteiger charge is -2.43. The molecule has 4 nitrogen and oxygen atoms in total. The van der Waals surface area contributed by atoms with Crippen LogP contribution in [0, 0.1) is 0 Å². The fourth-order valence-electron chi connectivity index (χ4n) is 2.23. The lowest BCUT2D eigenvalue weighted by atomic mass is 9.90. The van der Waals surface area contributed by atoms with E-state index in [1.165, 1.54) is 0 Å². The van der Waals surface area contributed by atoms with E-state index < -0.39 is 6.10 Å². The second-order valence-electron chi connectivity index (χ2n) is 5.10. The van der Waals surface area contributed by atoms with Crippen LogP contribution in [0.25, 0.3) is 0 Å². The average Bonchev–Trinajstić information content (AvgIpc) is 2.83. The van der Waals surface area contributed by atoms with Crippen LogP contribution >= 0.6 is 0 Å². The third kappa shape index (κ3) is 2.89. The monoisotopic (exact) mass is 239 g/mol. The summed E-state index contributed by atoms with van der Waals surface area (Å²) in [4.78, 5) is 2.29. The first-order valence-electron chi connectivity index (χ1n) is 6.12. The summed E-state index contributed by atoms with van der Waals surface area (Å²) in [6.45, 7) is 7.45. The van der Waals surface area contributed by atoms with Gasteiger partial charge in [0.15, 0.2) is 0 Å². The van der Waals surface area contributed by atoms with E-state index in [9.17, 15) is 5.11 Å². The van der Waals surface area contributed by atoms with Gasteiger partial charge in [0.1, 0.15) is 0 Å². The molecule has 96 valence electrons. The molecule has 1 aromatic rings. The Morgan fingerprint density at radius 2 is 2.12 bits per heavy atom. The molecule has 1 aliphatic rings. The van der Waals surface area contributed by atoms with Crippen LogP contribution in [0.5, 0.6) is 0 Å². The molecular weight excluding hydrogens is 218 g/mol. The summed E-state index contributed by atoms with van der Waals surface area (Å²) >= 11 is 0. The predicted octanol–water partition coefficient (Wildman–Crippen LogP) is 1.29. The van der Waals surface area contributed by atoms with Crippen molar-refractivity contribution in [2.75, 3.05) is 26.3 Å². The van der Waals surface area contributed by atoms with Gasteiger partial charge in [0.2, 0.25) is 0 Å². The Morgan fingerprint density at radius 1 is 1.41 bits per heavy atom. The van der Waals surface area contributed by atoms with Crippen LogP contribution < -0.4 is 0 Å². The van der Waals surface area contributed by atoms with Crippen molar-refractivity contribution in [2.24, 2.45) is 0 Å². The molecule has 0 saturated carbocycles. The number of hydrogen-bond acceptors (Lipinski definition) is 4. The summed E-state index contributed by atoms with van der Waals surface area (Å²) in [5.74, 6) is 0. The Labute approximate surface area is 102 Å². The summed E-state index contributed by atoms with van der Waals surface area (Å²) in [5, 5.41) is 10.4. The zero-order chi connectivity index (χ0) is 12.3. The van der Waals surface area contributed by atoms with E-state index in [4.69, 9.17) is 9.15 Å². The largest absolute Gasteiger partial charge is 0.472 e. The highest BCUT2D eigenvalue weighted by atomic mass is 16.5. The molecule has 0 aliphatic carbocycles. The SMILES string of the molecule is CC(C)(C(O)Cc1ccoc1)N1CCOCC1. The standard InChI is InChI=1S/C13H21NO3/c1-13(2,14-4-7-16-8-5-14)12(15)9-11-3-6-17-10-11/h3,6,10,12,15H,4-5,7-9H2,1-2H3. The normalized spacial score (nSPS) is 20.4. The van der Waals surface area contributed by atoms with E-state index in [1.807, 2.05) is 6.07 Å². The topological polar surface area (TPSA) is 45.8 Å². The molecule has 2 rings (SSSR count). The number of aliphatic hydroxyl groups excluding tert-OH is 1. The zero-order valence-corrected chi connectivity index (χ0v) is 10.6. The Kier molecular flexibility index (Phi) is 3.86. The lowest BCUT2D eigenvalue weighted by Crippen LogP contribution is -2.56. The molecule has 1 saturated heterocycles. The molecule has 0 radical (unpaired) electrons.